The van der Waals surface area contributed by atoms with Gasteiger partial charge in [-0.1, -0.05) is 71.1 Å². The molecule has 0 aromatic carbocycles. The van der Waals surface area contributed by atoms with Gasteiger partial charge in [0.2, 0.25) is 5.79 Å². The SMILES string of the molecule is CO[C@H]1C[C@@H]2CC[C@@H](C)[C@@](O)(O2)C(=O)C(=O)N2CCCC[C@H]2C(=O)O[C@H]([C@H](C)C[C@@H]2CC[C@H](n3ncnn3)[C@H](OC)C2)CC(=O)[C@H](C)C=C(C)[C@@H](O)[C@@H](OC)C(=O)[C@H](C)C[C@H](C)C=CC=CC=C1C. The molecule has 17 heteroatoms. The van der Waals surface area contributed by atoms with Crippen molar-refractivity contribution in [2.75, 3.05) is 27.9 Å². The Morgan fingerprint density at radius 2 is 1.64 bits per heavy atom. The molecule has 15 atom stereocenters. The standard InChI is InChI=1S/C52H79N5O12/c1-31-16-12-11-13-17-32(2)43(65-8)28-39-21-19-37(7)52(64,69-39)49(61)50(62)56-23-15-14-18-41(56)51(63)68-44(34(4)26-38-20-22-40(45(27-38)66-9)57-54-30-53-55-57)29-42(58)33(3)25-36(6)47(60)48(67-10)46(59)35(5)24-31/h11-13,16-17,25,30-31,33-35,37-41,43-45,47-48,60,64H,14-15,18-24,26-29H2,1-10H3/t31-,33-,34-,35-,37-,38+,39+,40+,41+,43+,44+,45-,47-,48+,52-/m1/s1. The van der Waals surface area contributed by atoms with Crippen molar-refractivity contribution in [2.24, 2.45) is 35.5 Å². The second-order valence-electron chi connectivity index (χ2n) is 20.3. The molecule has 1 amide bonds. The molecule has 3 fully saturated rings. The lowest BCUT2D eigenvalue weighted by Gasteiger charge is -2.42. The summed E-state index contributed by atoms with van der Waals surface area (Å²) in [6.45, 7) is 12.8. The number of methoxy groups -OCH3 is 3. The van der Waals surface area contributed by atoms with Crippen LogP contribution in [0.5, 0.6) is 0 Å². The fourth-order valence-electron chi connectivity index (χ4n) is 10.7. The van der Waals surface area contributed by atoms with Gasteiger partial charge in [0, 0.05) is 58.5 Å². The lowest BCUT2D eigenvalue weighted by Crippen LogP contribution is -2.61. The molecule has 384 valence electrons. The summed E-state index contributed by atoms with van der Waals surface area (Å²) in [6, 6.07) is -1.24. The zero-order chi connectivity index (χ0) is 50.6. The van der Waals surface area contributed by atoms with E-state index in [-0.39, 0.29) is 60.9 Å². The zero-order valence-electron chi connectivity index (χ0n) is 42.5. The number of aromatic nitrogens is 4. The van der Waals surface area contributed by atoms with Crippen molar-refractivity contribution in [1.29, 1.82) is 0 Å². The predicted molar refractivity (Wildman–Crippen MR) is 256 cm³/mol. The van der Waals surface area contributed by atoms with Gasteiger partial charge < -0.3 is 38.8 Å². The number of hydrogen-bond acceptors (Lipinski definition) is 15. The molecule has 4 heterocycles. The summed E-state index contributed by atoms with van der Waals surface area (Å²) >= 11 is 0. The van der Waals surface area contributed by atoms with Crippen molar-refractivity contribution in [2.45, 2.75) is 180 Å². The number of aliphatic hydroxyl groups is 2. The molecule has 1 aromatic heterocycles. The Morgan fingerprint density at radius 3 is 2.32 bits per heavy atom. The molecule has 5 rings (SSSR count). The van der Waals surface area contributed by atoms with Gasteiger partial charge in [0.15, 0.2) is 12.1 Å². The number of piperidine rings is 1. The molecule has 17 nitrogen and oxygen atoms in total. The zero-order valence-corrected chi connectivity index (χ0v) is 42.5. The van der Waals surface area contributed by atoms with E-state index in [2.05, 4.69) is 15.4 Å². The van der Waals surface area contributed by atoms with Gasteiger partial charge in [-0.05, 0) is 112 Å². The normalized spacial score (nSPS) is 36.3. The van der Waals surface area contributed by atoms with E-state index in [0.29, 0.717) is 56.9 Å². The minimum atomic E-state index is -2.43. The molecule has 3 aliphatic heterocycles. The summed E-state index contributed by atoms with van der Waals surface area (Å²) in [4.78, 5) is 73.9. The van der Waals surface area contributed by atoms with Crippen LogP contribution in [0.3, 0.4) is 0 Å². The van der Waals surface area contributed by atoms with Crippen LogP contribution in [0.1, 0.15) is 132 Å². The number of esters is 1. The van der Waals surface area contributed by atoms with Crippen LogP contribution in [-0.4, -0.2) is 141 Å². The Kier molecular flexibility index (Phi) is 20.8. The topological polar surface area (TPSA) is 219 Å². The summed E-state index contributed by atoms with van der Waals surface area (Å²) in [7, 11) is 4.61. The van der Waals surface area contributed by atoms with Crippen molar-refractivity contribution in [3.63, 3.8) is 0 Å². The summed E-state index contributed by atoms with van der Waals surface area (Å²) in [6.07, 6.45) is 13.7. The minimum Gasteiger partial charge on any atom is -0.460 e. The number of tetrazole rings is 1. The first-order valence-electron chi connectivity index (χ1n) is 25.0. The number of nitrogens with zero attached hydrogens (tertiary/aromatic N) is 5. The molecule has 0 spiro atoms. The molecule has 1 saturated carbocycles. The van der Waals surface area contributed by atoms with Crippen LogP contribution in [0.15, 0.2) is 53.9 Å². The molecule has 0 radical (unpaired) electrons. The first-order valence-corrected chi connectivity index (χ1v) is 25.0. The van der Waals surface area contributed by atoms with Crippen LogP contribution >= 0.6 is 0 Å². The molecule has 69 heavy (non-hydrogen) atoms. The number of carbonyl (C=O) groups excluding carboxylic acids is 5. The number of rotatable bonds is 7. The third-order valence-electron chi connectivity index (χ3n) is 15.1. The van der Waals surface area contributed by atoms with E-state index in [4.69, 9.17) is 23.7 Å². The van der Waals surface area contributed by atoms with Gasteiger partial charge in [-0.15, -0.1) is 10.2 Å². The van der Waals surface area contributed by atoms with Crippen molar-refractivity contribution < 1.29 is 57.9 Å². The van der Waals surface area contributed by atoms with Crippen LogP contribution in [0.2, 0.25) is 0 Å². The quantitative estimate of drug-likeness (QED) is 0.181. The lowest BCUT2D eigenvalue weighted by atomic mass is 9.77. The van der Waals surface area contributed by atoms with Crippen LogP contribution < -0.4 is 0 Å². The maximum Gasteiger partial charge on any atom is 0.329 e. The highest BCUT2D eigenvalue weighted by Gasteiger charge is 2.53. The van der Waals surface area contributed by atoms with Crippen LogP contribution in [0, 0.1) is 35.5 Å². The maximum atomic E-state index is 14.5. The molecule has 1 aliphatic carbocycles. The van der Waals surface area contributed by atoms with Gasteiger partial charge in [-0.2, -0.15) is 4.80 Å². The smallest absolute Gasteiger partial charge is 0.329 e. The first kappa shape index (κ1) is 55.7. The van der Waals surface area contributed by atoms with Crippen LogP contribution in [0.25, 0.3) is 0 Å². The summed E-state index contributed by atoms with van der Waals surface area (Å²) in [5.41, 5.74) is 1.27. The molecular formula is C52H79N5O12. The number of ketones is 3. The predicted octanol–water partition coefficient (Wildman–Crippen LogP) is 6.05. The highest BCUT2D eigenvalue weighted by Crippen LogP contribution is 2.39. The highest BCUT2D eigenvalue weighted by molar-refractivity contribution is 6.39. The molecule has 2 saturated heterocycles. The minimum absolute atomic E-state index is 0.0168. The number of fused-ring (bicyclic) bond motifs is 3. The lowest BCUT2D eigenvalue weighted by molar-refractivity contribution is -0.265. The number of allylic oxidation sites excluding steroid dienone is 6. The fraction of sp³-hybridized carbons (Fsp3) is 0.731. The maximum absolute atomic E-state index is 14.5. The average molecular weight is 966 g/mol. The summed E-state index contributed by atoms with van der Waals surface area (Å²) in [5.74, 6) is -7.94. The largest absolute Gasteiger partial charge is 0.460 e. The second kappa shape index (κ2) is 25.7. The molecule has 1 aromatic rings. The van der Waals surface area contributed by atoms with E-state index in [1.54, 1.807) is 45.9 Å². The van der Waals surface area contributed by atoms with Gasteiger partial charge in [-0.3, -0.25) is 19.2 Å². The Morgan fingerprint density at radius 1 is 0.884 bits per heavy atom. The molecule has 4 aliphatic rings. The Labute approximate surface area is 408 Å². The average Bonchev–Trinajstić information content (AvgIpc) is 3.88. The van der Waals surface area contributed by atoms with Crippen molar-refractivity contribution in [1.82, 2.24) is 25.1 Å². The fourth-order valence-corrected chi connectivity index (χ4v) is 10.7. The van der Waals surface area contributed by atoms with Crippen LogP contribution in [-0.2, 0) is 47.7 Å². The molecule has 2 bridgehead atoms. The molecule has 0 unspecified atom stereocenters. The van der Waals surface area contributed by atoms with Gasteiger partial charge >= 0.3 is 5.97 Å². The Hall–Kier alpha value is -4.26. The number of cyclic esters (lactones) is 1. The molecule has 2 N–H and O–H groups in total. The van der Waals surface area contributed by atoms with E-state index in [9.17, 15) is 34.2 Å². The van der Waals surface area contributed by atoms with E-state index in [0.717, 1.165) is 18.4 Å². The van der Waals surface area contributed by atoms with Gasteiger partial charge in [0.05, 0.1) is 24.4 Å². The monoisotopic (exact) mass is 966 g/mol. The van der Waals surface area contributed by atoms with Crippen molar-refractivity contribution in [3.05, 3.63) is 53.9 Å². The van der Waals surface area contributed by atoms with Crippen molar-refractivity contribution >= 4 is 29.2 Å². The van der Waals surface area contributed by atoms with Crippen molar-refractivity contribution in [3.8, 4) is 0 Å². The number of Topliss-reactive ketones (excluding diaryl/α,β-unsaturated/α-hetero) is 3. The van der Waals surface area contributed by atoms with Crippen LogP contribution in [0.4, 0.5) is 0 Å². The number of amides is 1. The summed E-state index contributed by atoms with van der Waals surface area (Å²) in [5, 5.41) is 35.7. The third kappa shape index (κ3) is 14.2. The van der Waals surface area contributed by atoms with E-state index < -0.39 is 77.8 Å². The number of ether oxygens (including phenoxy) is 5. The van der Waals surface area contributed by atoms with E-state index >= 15 is 0 Å². The number of hydrogen-bond donors (Lipinski definition) is 2. The first-order chi connectivity index (χ1) is 32.8. The Bertz CT molecular complexity index is 2020. The van der Waals surface area contributed by atoms with E-state index in [1.807, 2.05) is 58.1 Å². The number of carbonyl (C=O) groups is 5. The van der Waals surface area contributed by atoms with Gasteiger partial charge in [0.1, 0.15) is 30.1 Å². The third-order valence-corrected chi connectivity index (χ3v) is 15.1. The number of aliphatic hydroxyl groups excluding tert-OH is 1. The van der Waals surface area contributed by atoms with Gasteiger partial charge in [0.25, 0.3) is 11.7 Å². The molecular weight excluding hydrogens is 887 g/mol. The Balaban J connectivity index is 1.46. The second-order valence-corrected chi connectivity index (χ2v) is 20.3. The highest BCUT2D eigenvalue weighted by atomic mass is 16.6. The van der Waals surface area contributed by atoms with Gasteiger partial charge in [-0.25, -0.2) is 4.79 Å². The summed E-state index contributed by atoms with van der Waals surface area (Å²) < 4.78 is 29.9. The van der Waals surface area contributed by atoms with E-state index in [1.165, 1.54) is 18.3 Å².